The summed E-state index contributed by atoms with van der Waals surface area (Å²) in [6.45, 7) is 15.7. The fourth-order valence-corrected chi connectivity index (χ4v) is 9.64. The van der Waals surface area contributed by atoms with Gasteiger partial charge in [0.1, 0.15) is 6.04 Å². The van der Waals surface area contributed by atoms with Crippen molar-refractivity contribution in [3.05, 3.63) is 25.3 Å². The van der Waals surface area contributed by atoms with Crippen LogP contribution in [0.25, 0.3) is 0 Å². The van der Waals surface area contributed by atoms with Crippen LogP contribution >= 0.6 is 11.8 Å². The average Bonchev–Trinajstić information content (AvgIpc) is 3.51. The first kappa shape index (κ1) is 31.1. The van der Waals surface area contributed by atoms with E-state index in [4.69, 9.17) is 4.74 Å². The molecule has 0 aromatic heterocycles. The molecule has 3 amide bonds. The zero-order valence-corrected chi connectivity index (χ0v) is 25.2. The summed E-state index contributed by atoms with van der Waals surface area (Å²) >= 11 is 1.73. The van der Waals surface area contributed by atoms with Gasteiger partial charge in [-0.15, -0.1) is 24.9 Å². The number of hydrogen-bond acceptors (Lipinski definition) is 7. The van der Waals surface area contributed by atoms with E-state index in [9.17, 15) is 19.5 Å². The van der Waals surface area contributed by atoms with Gasteiger partial charge in [-0.1, -0.05) is 25.0 Å². The van der Waals surface area contributed by atoms with Crippen molar-refractivity contribution in [3.63, 3.8) is 0 Å². The van der Waals surface area contributed by atoms with Gasteiger partial charge in [-0.05, 0) is 32.6 Å². The number of amides is 3. The average molecular weight is 577 g/mol. The van der Waals surface area contributed by atoms with Crippen molar-refractivity contribution in [2.24, 2.45) is 11.8 Å². The molecule has 10 heteroatoms. The van der Waals surface area contributed by atoms with Crippen molar-refractivity contribution < 1.29 is 24.2 Å². The molecule has 0 saturated carbocycles. The quantitative estimate of drug-likeness (QED) is 0.236. The van der Waals surface area contributed by atoms with E-state index in [1.165, 1.54) is 0 Å². The molecule has 4 aliphatic rings. The zero-order chi connectivity index (χ0) is 28.9. The minimum absolute atomic E-state index is 0.0244. The molecule has 9 nitrogen and oxygen atoms in total. The Kier molecular flexibility index (Phi) is 10.4. The van der Waals surface area contributed by atoms with Crippen LogP contribution in [0.5, 0.6) is 0 Å². The highest BCUT2D eigenvalue weighted by Crippen LogP contribution is 2.71. The normalized spacial score (nSPS) is 31.3. The summed E-state index contributed by atoms with van der Waals surface area (Å²) in [5.74, 6) is -1.06. The molecule has 0 aromatic rings. The smallest absolute Gasteiger partial charge is 0.247 e. The Balaban J connectivity index is 1.63. The van der Waals surface area contributed by atoms with Crippen LogP contribution in [0, 0.1) is 11.8 Å². The van der Waals surface area contributed by atoms with Crippen LogP contribution in [0.1, 0.15) is 45.4 Å². The molecule has 4 heterocycles. The summed E-state index contributed by atoms with van der Waals surface area (Å²) in [7, 11) is 1.77. The van der Waals surface area contributed by atoms with Crippen LogP contribution < -0.4 is 0 Å². The van der Waals surface area contributed by atoms with E-state index in [0.717, 1.165) is 58.2 Å². The Morgan fingerprint density at radius 1 is 1.07 bits per heavy atom. The fourth-order valence-electron chi connectivity index (χ4n) is 7.30. The summed E-state index contributed by atoms with van der Waals surface area (Å²) in [5.41, 5.74) is 0. The number of hydrogen-bond donors (Lipinski definition) is 1. The van der Waals surface area contributed by atoms with Gasteiger partial charge in [0.15, 0.2) is 0 Å². The number of rotatable bonds is 15. The lowest BCUT2D eigenvalue weighted by molar-refractivity contribution is -0.145. The number of ether oxygens (including phenoxy) is 1. The van der Waals surface area contributed by atoms with Crippen LogP contribution in [0.4, 0.5) is 0 Å². The standard InChI is InChI=1S/C30H48N4O5S/c1-5-13-31(4)26(36)23-24-27(37)34(15-9-7-8-10-20-35)25(30(24)12-11-29(23,3)40-30)28(38)33(14-6-2)17-16-32-18-21-39-22-19-32/h5-6,23-25,35H,1-2,7-22H2,3-4H3/t23-,24+,25?,29+,30?/m1/s1. The van der Waals surface area contributed by atoms with E-state index >= 15 is 0 Å². The maximum absolute atomic E-state index is 14.5. The monoisotopic (exact) mass is 576 g/mol. The molecule has 1 spiro atoms. The number of likely N-dealkylation sites (tertiary alicyclic amines) is 1. The van der Waals surface area contributed by atoms with E-state index < -0.39 is 22.6 Å². The predicted octanol–water partition coefficient (Wildman–Crippen LogP) is 2.01. The third-order valence-corrected chi connectivity index (χ3v) is 11.3. The third-order valence-electron chi connectivity index (χ3n) is 9.31. The molecule has 2 bridgehead atoms. The first-order chi connectivity index (χ1) is 19.2. The highest BCUT2D eigenvalue weighted by Gasteiger charge is 2.77. The summed E-state index contributed by atoms with van der Waals surface area (Å²) in [6.07, 6.45) is 8.30. The second-order valence-electron chi connectivity index (χ2n) is 11.9. The Hall–Kier alpha value is -1.88. The second kappa shape index (κ2) is 13.4. The Bertz CT molecular complexity index is 958. The molecule has 2 unspecified atom stereocenters. The van der Waals surface area contributed by atoms with E-state index in [-0.39, 0.29) is 29.1 Å². The summed E-state index contributed by atoms with van der Waals surface area (Å²) in [6, 6.07) is -0.596. The molecule has 4 saturated heterocycles. The minimum Gasteiger partial charge on any atom is -0.396 e. The van der Waals surface area contributed by atoms with Crippen molar-refractivity contribution in [3.8, 4) is 0 Å². The largest absolute Gasteiger partial charge is 0.396 e. The van der Waals surface area contributed by atoms with E-state index in [1.54, 1.807) is 35.9 Å². The SMILES string of the molecule is C=CCN(C)C(=O)[C@H]1[C@H]2C(=O)N(CCCCCCO)C(C(=O)N(CC=C)CCN3CCOCC3)C23CC[C@]1(C)S3. The molecule has 224 valence electrons. The first-order valence-electron chi connectivity index (χ1n) is 14.9. The molecule has 4 fully saturated rings. The molecule has 0 radical (unpaired) electrons. The van der Waals surface area contributed by atoms with Gasteiger partial charge < -0.3 is 24.5 Å². The van der Waals surface area contributed by atoms with Crippen molar-refractivity contribution in [1.29, 1.82) is 0 Å². The third kappa shape index (κ3) is 5.87. The molecule has 4 aliphatic heterocycles. The number of carbonyl (C=O) groups is 3. The molecule has 1 N–H and O–H groups in total. The van der Waals surface area contributed by atoms with Crippen LogP contribution in [0.3, 0.4) is 0 Å². The number of aliphatic hydroxyl groups is 1. The van der Waals surface area contributed by atoms with Crippen LogP contribution in [-0.2, 0) is 19.1 Å². The van der Waals surface area contributed by atoms with Crippen LogP contribution in [0.15, 0.2) is 25.3 Å². The maximum atomic E-state index is 14.5. The van der Waals surface area contributed by atoms with Gasteiger partial charge >= 0.3 is 0 Å². The Morgan fingerprint density at radius 2 is 1.77 bits per heavy atom. The van der Waals surface area contributed by atoms with Crippen LogP contribution in [-0.4, -0.2) is 131 Å². The topological polar surface area (TPSA) is 93.6 Å². The van der Waals surface area contributed by atoms with Crippen molar-refractivity contribution in [2.45, 2.75) is 61.0 Å². The van der Waals surface area contributed by atoms with Gasteiger partial charge in [-0.3, -0.25) is 19.3 Å². The second-order valence-corrected chi connectivity index (χ2v) is 13.8. The lowest BCUT2D eigenvalue weighted by atomic mass is 9.66. The number of likely N-dealkylation sites (N-methyl/N-ethyl adjacent to an activating group) is 1. The number of aliphatic hydroxyl groups excluding tert-OH is 1. The van der Waals surface area contributed by atoms with E-state index in [2.05, 4.69) is 25.0 Å². The highest BCUT2D eigenvalue weighted by molar-refractivity contribution is 8.02. The van der Waals surface area contributed by atoms with Gasteiger partial charge in [0, 0.05) is 64.2 Å². The Labute approximate surface area is 243 Å². The summed E-state index contributed by atoms with van der Waals surface area (Å²) in [4.78, 5) is 50.3. The van der Waals surface area contributed by atoms with E-state index in [0.29, 0.717) is 39.4 Å². The van der Waals surface area contributed by atoms with Gasteiger partial charge in [0.05, 0.1) is 29.8 Å². The van der Waals surface area contributed by atoms with Crippen molar-refractivity contribution >= 4 is 29.5 Å². The fraction of sp³-hybridized carbons (Fsp3) is 0.767. The van der Waals surface area contributed by atoms with Gasteiger partial charge in [0.25, 0.3) is 0 Å². The van der Waals surface area contributed by atoms with E-state index in [1.807, 2.05) is 9.80 Å². The summed E-state index contributed by atoms with van der Waals surface area (Å²) < 4.78 is 4.50. The number of nitrogens with zero attached hydrogens (tertiary/aromatic N) is 4. The lowest BCUT2D eigenvalue weighted by Gasteiger charge is -2.38. The number of carbonyl (C=O) groups excluding carboxylic acids is 3. The molecule has 4 rings (SSSR count). The molecule has 5 atom stereocenters. The highest BCUT2D eigenvalue weighted by atomic mass is 32.2. The van der Waals surface area contributed by atoms with Crippen molar-refractivity contribution in [1.82, 2.24) is 19.6 Å². The number of morpholine rings is 1. The number of unbranched alkanes of at least 4 members (excludes halogenated alkanes) is 3. The minimum atomic E-state index is -0.609. The Morgan fingerprint density at radius 3 is 2.45 bits per heavy atom. The molecule has 40 heavy (non-hydrogen) atoms. The predicted molar refractivity (Wildman–Crippen MR) is 158 cm³/mol. The number of thioether (sulfide) groups is 1. The van der Waals surface area contributed by atoms with Gasteiger partial charge in [-0.25, -0.2) is 0 Å². The van der Waals surface area contributed by atoms with Crippen molar-refractivity contribution in [2.75, 3.05) is 72.7 Å². The maximum Gasteiger partial charge on any atom is 0.247 e. The molecule has 0 aliphatic carbocycles. The summed E-state index contributed by atoms with van der Waals surface area (Å²) in [5, 5.41) is 9.18. The van der Waals surface area contributed by atoms with Gasteiger partial charge in [0.2, 0.25) is 17.7 Å². The van der Waals surface area contributed by atoms with Crippen LogP contribution in [0.2, 0.25) is 0 Å². The number of fused-ring (bicyclic) bond motifs is 1. The zero-order valence-electron chi connectivity index (χ0n) is 24.4. The van der Waals surface area contributed by atoms with Gasteiger partial charge in [-0.2, -0.15) is 0 Å². The molecule has 0 aromatic carbocycles. The lowest BCUT2D eigenvalue weighted by Crippen LogP contribution is -2.56. The molecular formula is C30H48N4O5S. The first-order valence-corrected chi connectivity index (χ1v) is 15.7. The molecular weight excluding hydrogens is 528 g/mol.